The molecular weight excluding hydrogens is 329 g/mol. The molecule has 1 amide bonds. The summed E-state index contributed by atoms with van der Waals surface area (Å²) in [4.78, 5) is 14.7. The lowest BCUT2D eigenvalue weighted by molar-refractivity contribution is -0.122. The zero-order chi connectivity index (χ0) is 16.2. The summed E-state index contributed by atoms with van der Waals surface area (Å²) in [6, 6.07) is 16.0. The largest absolute Gasteiger partial charge is 0.293 e. The van der Waals surface area contributed by atoms with E-state index in [4.69, 9.17) is 12.2 Å². The molecule has 2 nitrogen and oxygen atoms in total. The molecule has 1 heterocycles. The summed E-state index contributed by atoms with van der Waals surface area (Å²) in [6.07, 6.45) is 2.51. The normalized spacial score (nSPS) is 16.4. The Hall–Kier alpha value is -1.98. The van der Waals surface area contributed by atoms with Gasteiger partial charge in [-0.3, -0.25) is 9.69 Å². The summed E-state index contributed by atoms with van der Waals surface area (Å²) in [5.74, 6) is -0.377. The van der Waals surface area contributed by atoms with Gasteiger partial charge in [0.25, 0.3) is 5.91 Å². The van der Waals surface area contributed by atoms with Crippen LogP contribution in [0.1, 0.15) is 11.1 Å². The van der Waals surface area contributed by atoms with Gasteiger partial charge in [-0.2, -0.15) is 0 Å². The SMILES string of the molecule is O=C1C(=Cc2ccc(F)cc2)SC(=S)N1CCc1ccccc1. The van der Waals surface area contributed by atoms with Crippen molar-refractivity contribution in [2.45, 2.75) is 6.42 Å². The molecule has 0 aliphatic carbocycles. The van der Waals surface area contributed by atoms with Crippen molar-refractivity contribution in [3.63, 3.8) is 0 Å². The van der Waals surface area contributed by atoms with Crippen LogP contribution in [0.5, 0.6) is 0 Å². The first-order valence-electron chi connectivity index (χ1n) is 7.18. The van der Waals surface area contributed by atoms with E-state index in [0.717, 1.165) is 12.0 Å². The second-order valence-corrected chi connectivity index (χ2v) is 6.80. The highest BCUT2D eigenvalue weighted by molar-refractivity contribution is 8.26. The molecule has 0 spiro atoms. The van der Waals surface area contributed by atoms with Crippen LogP contribution in [0.25, 0.3) is 6.08 Å². The fourth-order valence-electron chi connectivity index (χ4n) is 2.29. The van der Waals surface area contributed by atoms with Gasteiger partial charge in [-0.1, -0.05) is 66.4 Å². The topological polar surface area (TPSA) is 20.3 Å². The number of hydrogen-bond acceptors (Lipinski definition) is 3. The zero-order valence-electron chi connectivity index (χ0n) is 12.2. The molecule has 0 bridgehead atoms. The van der Waals surface area contributed by atoms with Crippen LogP contribution in [-0.4, -0.2) is 21.7 Å². The van der Waals surface area contributed by atoms with Crippen LogP contribution in [0.15, 0.2) is 59.5 Å². The smallest absolute Gasteiger partial charge is 0.266 e. The van der Waals surface area contributed by atoms with Crippen molar-refractivity contribution in [1.29, 1.82) is 0 Å². The first-order chi connectivity index (χ1) is 11.1. The maximum Gasteiger partial charge on any atom is 0.266 e. The van der Waals surface area contributed by atoms with Gasteiger partial charge < -0.3 is 0 Å². The van der Waals surface area contributed by atoms with Crippen LogP contribution in [0, 0.1) is 5.82 Å². The third-order valence-electron chi connectivity index (χ3n) is 3.51. The van der Waals surface area contributed by atoms with E-state index in [1.807, 2.05) is 30.3 Å². The first kappa shape index (κ1) is 15.9. The molecule has 116 valence electrons. The van der Waals surface area contributed by atoms with Gasteiger partial charge in [0.2, 0.25) is 0 Å². The van der Waals surface area contributed by atoms with E-state index in [2.05, 4.69) is 0 Å². The molecule has 0 saturated carbocycles. The van der Waals surface area contributed by atoms with E-state index in [0.29, 0.717) is 15.8 Å². The number of carbonyl (C=O) groups excluding carboxylic acids is 1. The van der Waals surface area contributed by atoms with Crippen LogP contribution in [0.2, 0.25) is 0 Å². The Balaban J connectivity index is 1.71. The van der Waals surface area contributed by atoms with E-state index in [1.54, 1.807) is 23.1 Å². The molecule has 5 heteroatoms. The van der Waals surface area contributed by atoms with Crippen LogP contribution >= 0.6 is 24.0 Å². The highest BCUT2D eigenvalue weighted by Crippen LogP contribution is 2.32. The molecule has 0 radical (unpaired) electrons. The third kappa shape index (κ3) is 3.86. The van der Waals surface area contributed by atoms with Gasteiger partial charge >= 0.3 is 0 Å². The lowest BCUT2D eigenvalue weighted by atomic mass is 10.1. The first-order valence-corrected chi connectivity index (χ1v) is 8.41. The van der Waals surface area contributed by atoms with Gasteiger partial charge in [-0.25, -0.2) is 4.39 Å². The number of halogens is 1. The van der Waals surface area contributed by atoms with Crippen molar-refractivity contribution in [3.05, 3.63) is 76.4 Å². The molecule has 1 saturated heterocycles. The predicted molar refractivity (Wildman–Crippen MR) is 96.4 cm³/mol. The molecule has 23 heavy (non-hydrogen) atoms. The van der Waals surface area contributed by atoms with Gasteiger partial charge in [0.05, 0.1) is 4.91 Å². The fourth-order valence-corrected chi connectivity index (χ4v) is 3.60. The van der Waals surface area contributed by atoms with Crippen molar-refractivity contribution in [3.8, 4) is 0 Å². The standard InChI is InChI=1S/C18H14FNOS2/c19-15-8-6-14(7-9-15)12-16-17(21)20(18(22)23-16)11-10-13-4-2-1-3-5-13/h1-9,12H,10-11H2. The van der Waals surface area contributed by atoms with E-state index < -0.39 is 0 Å². The number of rotatable bonds is 4. The molecule has 0 aromatic heterocycles. The molecule has 0 atom stereocenters. The van der Waals surface area contributed by atoms with Crippen LogP contribution < -0.4 is 0 Å². The molecular formula is C18H14FNOS2. The highest BCUT2D eigenvalue weighted by Gasteiger charge is 2.31. The number of nitrogens with zero attached hydrogens (tertiary/aromatic N) is 1. The number of amides is 1. The maximum absolute atomic E-state index is 12.9. The summed E-state index contributed by atoms with van der Waals surface area (Å²) in [6.45, 7) is 0.565. The lowest BCUT2D eigenvalue weighted by Gasteiger charge is -2.14. The summed E-state index contributed by atoms with van der Waals surface area (Å²) in [7, 11) is 0. The Morgan fingerprint density at radius 2 is 1.78 bits per heavy atom. The van der Waals surface area contributed by atoms with Crippen molar-refractivity contribution in [2.24, 2.45) is 0 Å². The predicted octanol–water partition coefficient (Wildman–Crippen LogP) is 4.27. The van der Waals surface area contributed by atoms with Gasteiger partial charge in [-0.15, -0.1) is 0 Å². The minimum Gasteiger partial charge on any atom is -0.293 e. The van der Waals surface area contributed by atoms with E-state index in [-0.39, 0.29) is 11.7 Å². The number of hydrogen-bond donors (Lipinski definition) is 0. The maximum atomic E-state index is 12.9. The van der Waals surface area contributed by atoms with E-state index in [1.165, 1.54) is 29.5 Å². The molecule has 2 aromatic carbocycles. The summed E-state index contributed by atoms with van der Waals surface area (Å²) in [5.41, 5.74) is 1.96. The zero-order valence-corrected chi connectivity index (χ0v) is 13.9. The number of thioether (sulfide) groups is 1. The molecule has 1 fully saturated rings. The van der Waals surface area contributed by atoms with Crippen molar-refractivity contribution >= 4 is 40.3 Å². The Bertz CT molecular complexity index is 756. The molecule has 1 aliphatic heterocycles. The Labute approximate surface area is 144 Å². The van der Waals surface area contributed by atoms with Gasteiger partial charge in [0.1, 0.15) is 10.1 Å². The highest BCUT2D eigenvalue weighted by atomic mass is 32.2. The Kier molecular flexibility index (Phi) is 4.88. The minimum atomic E-state index is -0.294. The van der Waals surface area contributed by atoms with Crippen molar-refractivity contribution in [2.75, 3.05) is 6.54 Å². The minimum absolute atomic E-state index is 0.0831. The van der Waals surface area contributed by atoms with Crippen molar-refractivity contribution < 1.29 is 9.18 Å². The number of thiocarbonyl (C=S) groups is 1. The molecule has 2 aromatic rings. The fraction of sp³-hybridized carbons (Fsp3) is 0.111. The van der Waals surface area contributed by atoms with Gasteiger partial charge in [-0.05, 0) is 35.8 Å². The number of carbonyl (C=O) groups is 1. The molecule has 1 aliphatic rings. The average molecular weight is 343 g/mol. The van der Waals surface area contributed by atoms with Crippen molar-refractivity contribution in [1.82, 2.24) is 4.90 Å². The second kappa shape index (κ2) is 7.06. The van der Waals surface area contributed by atoms with Crippen LogP contribution in [-0.2, 0) is 11.2 Å². The van der Waals surface area contributed by atoms with Crippen LogP contribution in [0.3, 0.4) is 0 Å². The molecule has 0 N–H and O–H groups in total. The Morgan fingerprint density at radius 3 is 2.48 bits per heavy atom. The lowest BCUT2D eigenvalue weighted by Crippen LogP contribution is -2.30. The average Bonchev–Trinajstić information content (AvgIpc) is 2.82. The summed E-state index contributed by atoms with van der Waals surface area (Å²) in [5, 5.41) is 0. The van der Waals surface area contributed by atoms with E-state index in [9.17, 15) is 9.18 Å². The Morgan fingerprint density at radius 1 is 1.09 bits per heavy atom. The van der Waals surface area contributed by atoms with Gasteiger partial charge in [0, 0.05) is 6.54 Å². The summed E-state index contributed by atoms with van der Waals surface area (Å²) >= 11 is 6.61. The molecule has 3 rings (SSSR count). The number of benzene rings is 2. The summed E-state index contributed by atoms with van der Waals surface area (Å²) < 4.78 is 13.5. The molecule has 0 unspecified atom stereocenters. The third-order valence-corrected chi connectivity index (χ3v) is 4.89. The van der Waals surface area contributed by atoms with Gasteiger partial charge in [0.15, 0.2) is 0 Å². The van der Waals surface area contributed by atoms with Crippen LogP contribution in [0.4, 0.5) is 4.39 Å². The van der Waals surface area contributed by atoms with E-state index >= 15 is 0 Å². The second-order valence-electron chi connectivity index (χ2n) is 5.12. The quantitative estimate of drug-likeness (QED) is 0.611. The monoisotopic (exact) mass is 343 g/mol.